The molecule has 0 atom stereocenters. The van der Waals surface area contributed by atoms with Crippen molar-refractivity contribution >= 4 is 35.9 Å². The van der Waals surface area contributed by atoms with Gasteiger partial charge in [0, 0.05) is 18.1 Å². The molecule has 3 amide bonds. The van der Waals surface area contributed by atoms with Gasteiger partial charge in [-0.1, -0.05) is 42.6 Å². The van der Waals surface area contributed by atoms with Crippen LogP contribution >= 0.6 is 24.0 Å². The Hall–Kier alpha value is -1.30. The molecule has 0 radical (unpaired) electrons. The fourth-order valence-electron chi connectivity index (χ4n) is 3.42. The Bertz CT molecular complexity index is 603. The molecule has 1 aliphatic heterocycles. The van der Waals surface area contributed by atoms with Gasteiger partial charge < -0.3 is 10.6 Å². The second-order valence-electron chi connectivity index (χ2n) is 6.30. The number of nitrogens with one attached hydrogen (secondary N) is 2. The Labute approximate surface area is 153 Å². The van der Waals surface area contributed by atoms with Gasteiger partial charge in [-0.15, -0.1) is 12.4 Å². The molecule has 1 aliphatic carbocycles. The maximum atomic E-state index is 12.5. The SMILES string of the molecule is Cl.O=C1NC2(CCCC2)C(=O)N1CCCNCc1ccccc1Cl. The third-order valence-electron chi connectivity index (χ3n) is 4.71. The first-order valence-corrected chi connectivity index (χ1v) is 8.58. The molecule has 0 aromatic heterocycles. The van der Waals surface area contributed by atoms with Gasteiger partial charge in [0.15, 0.2) is 0 Å². The van der Waals surface area contributed by atoms with E-state index in [4.69, 9.17) is 11.6 Å². The van der Waals surface area contributed by atoms with Crippen LogP contribution in [0.2, 0.25) is 5.02 Å². The maximum Gasteiger partial charge on any atom is 0.325 e. The van der Waals surface area contributed by atoms with Gasteiger partial charge in [0.25, 0.3) is 5.91 Å². The van der Waals surface area contributed by atoms with E-state index in [1.165, 1.54) is 4.90 Å². The third kappa shape index (κ3) is 3.85. The zero-order chi connectivity index (χ0) is 16.3. The number of amides is 3. The van der Waals surface area contributed by atoms with Crippen LogP contribution in [0.5, 0.6) is 0 Å². The molecule has 2 aliphatic rings. The topological polar surface area (TPSA) is 61.4 Å². The lowest BCUT2D eigenvalue weighted by Crippen LogP contribution is -2.44. The lowest BCUT2D eigenvalue weighted by molar-refractivity contribution is -0.131. The van der Waals surface area contributed by atoms with Crippen molar-refractivity contribution in [2.24, 2.45) is 0 Å². The van der Waals surface area contributed by atoms with Crippen molar-refractivity contribution in [3.05, 3.63) is 34.9 Å². The van der Waals surface area contributed by atoms with Gasteiger partial charge in [-0.2, -0.15) is 0 Å². The van der Waals surface area contributed by atoms with E-state index < -0.39 is 5.54 Å². The van der Waals surface area contributed by atoms with Crippen molar-refractivity contribution in [2.75, 3.05) is 13.1 Å². The number of benzene rings is 1. The van der Waals surface area contributed by atoms with Crippen molar-refractivity contribution in [3.63, 3.8) is 0 Å². The summed E-state index contributed by atoms with van der Waals surface area (Å²) in [5.41, 5.74) is 0.455. The summed E-state index contributed by atoms with van der Waals surface area (Å²) in [6, 6.07) is 7.48. The molecule has 0 unspecified atom stereocenters. The van der Waals surface area contributed by atoms with Crippen LogP contribution in [-0.4, -0.2) is 35.5 Å². The summed E-state index contributed by atoms with van der Waals surface area (Å²) >= 11 is 6.10. The molecule has 2 N–H and O–H groups in total. The molecule has 1 spiro atoms. The van der Waals surface area contributed by atoms with Crippen molar-refractivity contribution in [1.29, 1.82) is 0 Å². The summed E-state index contributed by atoms with van der Waals surface area (Å²) in [7, 11) is 0. The van der Waals surface area contributed by atoms with E-state index in [2.05, 4.69) is 10.6 Å². The van der Waals surface area contributed by atoms with E-state index in [0.29, 0.717) is 13.1 Å². The Kier molecular flexibility index (Phi) is 6.49. The molecule has 1 saturated heterocycles. The monoisotopic (exact) mass is 371 g/mol. The van der Waals surface area contributed by atoms with E-state index >= 15 is 0 Å². The van der Waals surface area contributed by atoms with E-state index in [9.17, 15) is 9.59 Å². The van der Waals surface area contributed by atoms with Crippen molar-refractivity contribution in [2.45, 2.75) is 44.2 Å². The van der Waals surface area contributed by atoms with E-state index in [0.717, 1.165) is 49.2 Å². The highest BCUT2D eigenvalue weighted by Crippen LogP contribution is 2.34. The van der Waals surface area contributed by atoms with Gasteiger partial charge >= 0.3 is 6.03 Å². The van der Waals surface area contributed by atoms with Gasteiger partial charge in [0.1, 0.15) is 5.54 Å². The largest absolute Gasteiger partial charge is 0.325 e. The number of hydrogen-bond donors (Lipinski definition) is 2. The van der Waals surface area contributed by atoms with Gasteiger partial charge in [-0.05, 0) is 37.4 Å². The summed E-state index contributed by atoms with van der Waals surface area (Å²) in [5, 5.41) is 6.95. The summed E-state index contributed by atoms with van der Waals surface area (Å²) < 4.78 is 0. The fourth-order valence-corrected chi connectivity index (χ4v) is 3.63. The smallest absolute Gasteiger partial charge is 0.323 e. The highest BCUT2D eigenvalue weighted by Gasteiger charge is 2.51. The average molecular weight is 372 g/mol. The molecule has 2 fully saturated rings. The van der Waals surface area contributed by atoms with Crippen LogP contribution in [0, 0.1) is 0 Å². The van der Waals surface area contributed by atoms with E-state index in [-0.39, 0.29) is 24.3 Å². The third-order valence-corrected chi connectivity index (χ3v) is 5.08. The average Bonchev–Trinajstić information content (AvgIpc) is 3.09. The van der Waals surface area contributed by atoms with Gasteiger partial charge in [-0.3, -0.25) is 9.69 Å². The highest BCUT2D eigenvalue weighted by atomic mass is 35.5. The minimum atomic E-state index is -0.595. The first kappa shape index (κ1) is 19.0. The summed E-state index contributed by atoms with van der Waals surface area (Å²) in [6.07, 6.45) is 4.32. The maximum absolute atomic E-state index is 12.5. The van der Waals surface area contributed by atoms with Crippen LogP contribution in [0.15, 0.2) is 24.3 Å². The number of urea groups is 1. The molecule has 24 heavy (non-hydrogen) atoms. The van der Waals surface area contributed by atoms with Crippen molar-refractivity contribution < 1.29 is 9.59 Å². The number of carbonyl (C=O) groups is 2. The van der Waals surface area contributed by atoms with Crippen LogP contribution < -0.4 is 10.6 Å². The van der Waals surface area contributed by atoms with Gasteiger partial charge in [0.2, 0.25) is 0 Å². The molecular weight excluding hydrogens is 349 g/mol. The Morgan fingerprint density at radius 3 is 2.62 bits per heavy atom. The molecule has 1 aromatic carbocycles. The van der Waals surface area contributed by atoms with Gasteiger partial charge in [-0.25, -0.2) is 4.79 Å². The number of rotatable bonds is 6. The van der Waals surface area contributed by atoms with E-state index in [1.54, 1.807) is 0 Å². The first-order valence-electron chi connectivity index (χ1n) is 8.21. The number of carbonyl (C=O) groups excluding carboxylic acids is 2. The summed E-state index contributed by atoms with van der Waals surface area (Å²) in [6.45, 7) is 1.88. The Morgan fingerprint density at radius 2 is 1.92 bits per heavy atom. The van der Waals surface area contributed by atoms with Crippen LogP contribution in [0.3, 0.4) is 0 Å². The molecule has 1 heterocycles. The number of halogens is 2. The zero-order valence-electron chi connectivity index (χ0n) is 13.5. The van der Waals surface area contributed by atoms with E-state index in [1.807, 2.05) is 24.3 Å². The normalized spacial score (nSPS) is 18.8. The molecule has 3 rings (SSSR count). The number of imide groups is 1. The standard InChI is InChI=1S/C17H22ClN3O2.ClH/c18-14-7-2-1-6-13(14)12-19-10-5-11-21-15(22)17(20-16(21)23)8-3-4-9-17;/h1-2,6-7,19H,3-5,8-12H2,(H,20,23);1H. The summed E-state index contributed by atoms with van der Waals surface area (Å²) in [5.74, 6) is -0.0360. The number of nitrogens with zero attached hydrogens (tertiary/aromatic N) is 1. The summed E-state index contributed by atoms with van der Waals surface area (Å²) in [4.78, 5) is 25.9. The number of hydrogen-bond acceptors (Lipinski definition) is 3. The second-order valence-corrected chi connectivity index (χ2v) is 6.71. The van der Waals surface area contributed by atoms with Crippen LogP contribution in [0.25, 0.3) is 0 Å². The predicted octanol–water partition coefficient (Wildman–Crippen LogP) is 3.11. The minimum Gasteiger partial charge on any atom is -0.323 e. The molecule has 5 nitrogen and oxygen atoms in total. The van der Waals surface area contributed by atoms with Crippen molar-refractivity contribution in [3.8, 4) is 0 Å². The van der Waals surface area contributed by atoms with Crippen LogP contribution in [0.1, 0.15) is 37.7 Å². The zero-order valence-corrected chi connectivity index (χ0v) is 15.1. The predicted molar refractivity (Wildman–Crippen MR) is 96.5 cm³/mol. The first-order chi connectivity index (χ1) is 11.1. The molecule has 0 bridgehead atoms. The molecular formula is C17H23Cl2N3O2. The molecule has 1 aromatic rings. The Morgan fingerprint density at radius 1 is 1.21 bits per heavy atom. The fraction of sp³-hybridized carbons (Fsp3) is 0.529. The quantitative estimate of drug-likeness (QED) is 0.596. The highest BCUT2D eigenvalue weighted by molar-refractivity contribution is 6.31. The van der Waals surface area contributed by atoms with Crippen LogP contribution in [0.4, 0.5) is 4.79 Å². The van der Waals surface area contributed by atoms with Gasteiger partial charge in [0.05, 0.1) is 0 Å². The van der Waals surface area contributed by atoms with Crippen molar-refractivity contribution in [1.82, 2.24) is 15.5 Å². The lowest BCUT2D eigenvalue weighted by Gasteiger charge is -2.20. The minimum absolute atomic E-state index is 0. The van der Waals surface area contributed by atoms with Crippen LogP contribution in [-0.2, 0) is 11.3 Å². The Balaban J connectivity index is 0.00000208. The second kappa shape index (κ2) is 8.19. The molecule has 7 heteroatoms. The molecule has 132 valence electrons. The molecule has 1 saturated carbocycles. The lowest BCUT2D eigenvalue weighted by atomic mass is 9.98.